The lowest BCUT2D eigenvalue weighted by Gasteiger charge is -2.45. The lowest BCUT2D eigenvalue weighted by molar-refractivity contribution is 0.154. The summed E-state index contributed by atoms with van der Waals surface area (Å²) in [7, 11) is 0. The predicted octanol–water partition coefficient (Wildman–Crippen LogP) is 3.27. The van der Waals surface area contributed by atoms with Gasteiger partial charge in [-0.05, 0) is 69.2 Å². The lowest BCUT2D eigenvalue weighted by Crippen LogP contribution is -2.45. The minimum atomic E-state index is 0.651. The van der Waals surface area contributed by atoms with Crippen molar-refractivity contribution >= 4 is 5.69 Å². The Morgan fingerprint density at radius 1 is 0.947 bits per heavy atom. The van der Waals surface area contributed by atoms with Crippen molar-refractivity contribution in [2.24, 2.45) is 5.41 Å². The number of para-hydroxylation sites is 1. The third-order valence-corrected chi connectivity index (χ3v) is 5.24. The molecule has 0 saturated carbocycles. The highest BCUT2D eigenvalue weighted by Crippen LogP contribution is 2.41. The van der Waals surface area contributed by atoms with Gasteiger partial charge in [-0.3, -0.25) is 0 Å². The highest BCUT2D eigenvalue weighted by Gasteiger charge is 2.35. The number of benzene rings is 1. The number of aryl methyl sites for hydroxylation is 2. The van der Waals surface area contributed by atoms with Gasteiger partial charge >= 0.3 is 0 Å². The van der Waals surface area contributed by atoms with Gasteiger partial charge in [0.1, 0.15) is 0 Å². The van der Waals surface area contributed by atoms with Crippen LogP contribution in [0, 0.1) is 19.3 Å². The Kier molecular flexibility index (Phi) is 3.53. The molecule has 1 aromatic rings. The summed E-state index contributed by atoms with van der Waals surface area (Å²) in [5, 5.41) is 3.50. The first-order valence-electron chi connectivity index (χ1n) is 7.72. The minimum Gasteiger partial charge on any atom is -0.371 e. The molecule has 0 radical (unpaired) electrons. The van der Waals surface area contributed by atoms with Crippen LogP contribution in [0.15, 0.2) is 18.2 Å². The van der Waals surface area contributed by atoms with Crippen LogP contribution in [0.3, 0.4) is 0 Å². The van der Waals surface area contributed by atoms with Crippen molar-refractivity contribution in [3.05, 3.63) is 29.3 Å². The van der Waals surface area contributed by atoms with Crippen molar-refractivity contribution in [3.8, 4) is 0 Å². The number of nitrogens with zero attached hydrogens (tertiary/aromatic N) is 1. The smallest absolute Gasteiger partial charge is 0.0425 e. The second-order valence-electron chi connectivity index (χ2n) is 6.48. The number of anilines is 1. The van der Waals surface area contributed by atoms with E-state index in [1.807, 2.05) is 0 Å². The van der Waals surface area contributed by atoms with E-state index in [9.17, 15) is 0 Å². The van der Waals surface area contributed by atoms with Gasteiger partial charge in [0.2, 0.25) is 0 Å². The van der Waals surface area contributed by atoms with E-state index >= 15 is 0 Å². The summed E-state index contributed by atoms with van der Waals surface area (Å²) < 4.78 is 0. The van der Waals surface area contributed by atoms with Crippen molar-refractivity contribution < 1.29 is 0 Å². The molecular formula is C17H26N2. The summed E-state index contributed by atoms with van der Waals surface area (Å²) in [5.41, 5.74) is 5.01. The van der Waals surface area contributed by atoms with Crippen LogP contribution >= 0.6 is 0 Å². The first-order valence-corrected chi connectivity index (χ1v) is 7.72. The molecule has 0 aliphatic carbocycles. The number of nitrogens with one attached hydrogen (secondary N) is 1. The van der Waals surface area contributed by atoms with E-state index in [2.05, 4.69) is 42.3 Å². The van der Waals surface area contributed by atoms with E-state index in [-0.39, 0.29) is 0 Å². The average Bonchev–Trinajstić information content (AvgIpc) is 2.42. The molecule has 3 rings (SSSR count). The van der Waals surface area contributed by atoms with Gasteiger partial charge in [0.15, 0.2) is 0 Å². The lowest BCUT2D eigenvalue weighted by atomic mass is 9.71. The molecule has 1 aromatic carbocycles. The Hall–Kier alpha value is -1.02. The third kappa shape index (κ3) is 2.51. The SMILES string of the molecule is Cc1cccc(C)c1N1CCC2(CCNCC2)CC1. The third-order valence-electron chi connectivity index (χ3n) is 5.24. The Morgan fingerprint density at radius 2 is 1.53 bits per heavy atom. The summed E-state index contributed by atoms with van der Waals surface area (Å²) in [4.78, 5) is 2.62. The molecule has 2 nitrogen and oxygen atoms in total. The molecule has 1 N–H and O–H groups in total. The summed E-state index contributed by atoms with van der Waals surface area (Å²) in [6.45, 7) is 9.43. The fourth-order valence-electron chi connectivity index (χ4n) is 3.97. The zero-order valence-corrected chi connectivity index (χ0v) is 12.3. The molecule has 0 atom stereocenters. The fraction of sp³-hybridized carbons (Fsp3) is 0.647. The number of piperidine rings is 2. The first kappa shape index (κ1) is 13.0. The maximum atomic E-state index is 3.50. The summed E-state index contributed by atoms with van der Waals surface area (Å²) in [6.07, 6.45) is 5.52. The van der Waals surface area contributed by atoms with E-state index in [1.54, 1.807) is 0 Å². The van der Waals surface area contributed by atoms with Crippen LogP contribution in [0.5, 0.6) is 0 Å². The molecule has 1 spiro atoms. The van der Waals surface area contributed by atoms with Gasteiger partial charge in [0.05, 0.1) is 0 Å². The Bertz CT molecular complexity index is 416. The van der Waals surface area contributed by atoms with Crippen LogP contribution in [0.25, 0.3) is 0 Å². The summed E-state index contributed by atoms with van der Waals surface area (Å²) >= 11 is 0. The Labute approximate surface area is 117 Å². The molecule has 0 aromatic heterocycles. The van der Waals surface area contributed by atoms with Crippen molar-refractivity contribution in [2.45, 2.75) is 39.5 Å². The molecule has 2 heteroatoms. The Morgan fingerprint density at radius 3 is 2.11 bits per heavy atom. The zero-order chi connectivity index (χ0) is 13.3. The molecule has 2 fully saturated rings. The molecule has 0 unspecified atom stereocenters. The minimum absolute atomic E-state index is 0.651. The second kappa shape index (κ2) is 5.16. The van der Waals surface area contributed by atoms with Gasteiger partial charge in [0, 0.05) is 18.8 Å². The van der Waals surface area contributed by atoms with Gasteiger partial charge in [0.25, 0.3) is 0 Å². The van der Waals surface area contributed by atoms with E-state index in [4.69, 9.17) is 0 Å². The molecule has 2 aliphatic rings. The van der Waals surface area contributed by atoms with Gasteiger partial charge in [-0.15, -0.1) is 0 Å². The number of hydrogen-bond donors (Lipinski definition) is 1. The van der Waals surface area contributed by atoms with E-state index in [0.29, 0.717) is 5.41 Å². The van der Waals surface area contributed by atoms with Crippen LogP contribution in [-0.2, 0) is 0 Å². The van der Waals surface area contributed by atoms with Crippen LogP contribution in [0.2, 0.25) is 0 Å². The summed E-state index contributed by atoms with van der Waals surface area (Å²) in [5.74, 6) is 0. The van der Waals surface area contributed by atoms with Crippen molar-refractivity contribution in [1.82, 2.24) is 5.32 Å². The average molecular weight is 258 g/mol. The van der Waals surface area contributed by atoms with Crippen LogP contribution < -0.4 is 10.2 Å². The molecule has 0 bridgehead atoms. The monoisotopic (exact) mass is 258 g/mol. The van der Waals surface area contributed by atoms with Gasteiger partial charge in [-0.1, -0.05) is 18.2 Å². The molecule has 0 amide bonds. The molecule has 2 aliphatic heterocycles. The van der Waals surface area contributed by atoms with Gasteiger partial charge in [-0.25, -0.2) is 0 Å². The highest BCUT2D eigenvalue weighted by atomic mass is 15.1. The maximum Gasteiger partial charge on any atom is 0.0425 e. The van der Waals surface area contributed by atoms with Crippen LogP contribution in [0.1, 0.15) is 36.8 Å². The van der Waals surface area contributed by atoms with E-state index < -0.39 is 0 Å². The van der Waals surface area contributed by atoms with E-state index in [0.717, 1.165) is 0 Å². The topological polar surface area (TPSA) is 15.3 Å². The van der Waals surface area contributed by atoms with Crippen molar-refractivity contribution in [1.29, 1.82) is 0 Å². The van der Waals surface area contributed by atoms with Crippen molar-refractivity contribution in [3.63, 3.8) is 0 Å². The zero-order valence-electron chi connectivity index (χ0n) is 12.3. The fourth-order valence-corrected chi connectivity index (χ4v) is 3.97. The van der Waals surface area contributed by atoms with Crippen LogP contribution in [0.4, 0.5) is 5.69 Å². The Balaban J connectivity index is 1.73. The standard InChI is InChI=1S/C17H26N2/c1-14-4-3-5-15(2)16(14)19-12-8-17(9-13-19)6-10-18-11-7-17/h3-5,18H,6-13H2,1-2H3. The van der Waals surface area contributed by atoms with E-state index in [1.165, 1.54) is 68.7 Å². The predicted molar refractivity (Wildman–Crippen MR) is 81.9 cm³/mol. The summed E-state index contributed by atoms with van der Waals surface area (Å²) in [6, 6.07) is 6.67. The first-order chi connectivity index (χ1) is 9.20. The van der Waals surface area contributed by atoms with Gasteiger partial charge in [-0.2, -0.15) is 0 Å². The number of hydrogen-bond acceptors (Lipinski definition) is 2. The highest BCUT2D eigenvalue weighted by molar-refractivity contribution is 5.59. The molecule has 2 heterocycles. The second-order valence-corrected chi connectivity index (χ2v) is 6.48. The van der Waals surface area contributed by atoms with Crippen LogP contribution in [-0.4, -0.2) is 26.2 Å². The van der Waals surface area contributed by atoms with Gasteiger partial charge < -0.3 is 10.2 Å². The normalized spacial score (nSPS) is 22.7. The maximum absolute atomic E-state index is 3.50. The quantitative estimate of drug-likeness (QED) is 0.831. The largest absolute Gasteiger partial charge is 0.371 e. The van der Waals surface area contributed by atoms with Crippen molar-refractivity contribution in [2.75, 3.05) is 31.1 Å². The molecule has 19 heavy (non-hydrogen) atoms. The number of rotatable bonds is 1. The molecule has 104 valence electrons. The molecule has 2 saturated heterocycles. The molecular weight excluding hydrogens is 232 g/mol.